The quantitative estimate of drug-likeness (QED) is 0.241. The average Bonchev–Trinajstić information content (AvgIpc) is 3.25. The molecule has 10 heteroatoms. The van der Waals surface area contributed by atoms with Gasteiger partial charge in [0.2, 0.25) is 17.0 Å². The lowest BCUT2D eigenvalue weighted by atomic mass is 9.95. The fourth-order valence-electron chi connectivity index (χ4n) is 4.01. The summed E-state index contributed by atoms with van der Waals surface area (Å²) in [4.78, 5) is 17.2. The normalized spacial score (nSPS) is 14.9. The second-order valence-electron chi connectivity index (χ2n) is 8.60. The molecular weight excluding hydrogens is 542 g/mol. The molecule has 1 aromatic heterocycles. The third-order valence-corrected chi connectivity index (χ3v) is 7.41. The number of ether oxygens (including phenoxy) is 2. The van der Waals surface area contributed by atoms with Gasteiger partial charge in [-0.2, -0.15) is 4.98 Å². The summed E-state index contributed by atoms with van der Waals surface area (Å²) in [6.45, 7) is 6.41. The predicted molar refractivity (Wildman–Crippen MR) is 146 cm³/mol. The summed E-state index contributed by atoms with van der Waals surface area (Å²) >= 11 is 5.24. The monoisotopic (exact) mass is 571 g/mol. The van der Waals surface area contributed by atoms with Crippen molar-refractivity contribution < 1.29 is 14.3 Å². The molecular formula is C26H30BrN5O3S. The van der Waals surface area contributed by atoms with Gasteiger partial charge in [-0.1, -0.05) is 54.9 Å². The number of rotatable bonds is 10. The van der Waals surface area contributed by atoms with Crippen molar-refractivity contribution in [3.05, 3.63) is 68.8 Å². The lowest BCUT2D eigenvalue weighted by molar-refractivity contribution is -0.115. The molecule has 0 fully saturated rings. The van der Waals surface area contributed by atoms with Crippen LogP contribution in [-0.4, -0.2) is 33.5 Å². The maximum atomic E-state index is 12.6. The number of benzene rings is 2. The minimum atomic E-state index is -0.567. The number of thioether (sulfide) groups is 1. The van der Waals surface area contributed by atoms with Gasteiger partial charge in [-0.3, -0.25) is 4.79 Å². The number of carbonyl (C=O) groups excluding carboxylic acids is 1. The van der Waals surface area contributed by atoms with E-state index in [0.717, 1.165) is 29.7 Å². The van der Waals surface area contributed by atoms with E-state index in [4.69, 9.17) is 20.3 Å². The average molecular weight is 573 g/mol. The van der Waals surface area contributed by atoms with E-state index in [-0.39, 0.29) is 0 Å². The molecule has 2 aromatic carbocycles. The Morgan fingerprint density at radius 1 is 1.25 bits per heavy atom. The third kappa shape index (κ3) is 5.54. The van der Waals surface area contributed by atoms with Gasteiger partial charge < -0.3 is 20.5 Å². The van der Waals surface area contributed by atoms with Crippen LogP contribution in [0.25, 0.3) is 0 Å². The van der Waals surface area contributed by atoms with Crippen molar-refractivity contribution in [1.29, 1.82) is 0 Å². The zero-order valence-corrected chi connectivity index (χ0v) is 23.2. The van der Waals surface area contributed by atoms with E-state index in [2.05, 4.69) is 45.3 Å². The molecule has 0 radical (unpaired) electrons. The highest BCUT2D eigenvalue weighted by Crippen LogP contribution is 2.43. The summed E-state index contributed by atoms with van der Waals surface area (Å²) in [7, 11) is 1.59. The number of anilines is 1. The van der Waals surface area contributed by atoms with Crippen LogP contribution in [-0.2, 0) is 11.4 Å². The first kappa shape index (κ1) is 26.1. The van der Waals surface area contributed by atoms with Crippen LogP contribution < -0.4 is 20.5 Å². The van der Waals surface area contributed by atoms with Crippen LogP contribution >= 0.6 is 27.7 Å². The van der Waals surface area contributed by atoms with Crippen LogP contribution in [0.15, 0.2) is 57.3 Å². The minimum Gasteiger partial charge on any atom is -0.493 e. The second kappa shape index (κ2) is 11.4. The Labute approximate surface area is 223 Å². The van der Waals surface area contributed by atoms with E-state index in [1.807, 2.05) is 38.1 Å². The molecule has 1 aliphatic rings. The van der Waals surface area contributed by atoms with E-state index in [0.29, 0.717) is 45.0 Å². The van der Waals surface area contributed by atoms with Crippen LogP contribution in [0.2, 0.25) is 0 Å². The highest BCUT2D eigenvalue weighted by atomic mass is 79.9. The largest absolute Gasteiger partial charge is 0.493 e. The lowest BCUT2D eigenvalue weighted by Crippen LogP contribution is -2.31. The fourth-order valence-corrected chi connectivity index (χ4v) is 5.49. The molecule has 1 atom stereocenters. The Balaban J connectivity index is 1.71. The number of carbonyl (C=O) groups is 1. The lowest BCUT2D eigenvalue weighted by Gasteiger charge is -2.28. The fraction of sp³-hybridized carbons (Fsp3) is 0.346. The second-order valence-corrected chi connectivity index (χ2v) is 10.5. The first-order chi connectivity index (χ1) is 17.3. The summed E-state index contributed by atoms with van der Waals surface area (Å²) < 4.78 is 14.2. The summed E-state index contributed by atoms with van der Waals surface area (Å²) in [5.41, 5.74) is 9.91. The molecule has 190 valence electrons. The molecule has 0 saturated carbocycles. The maximum absolute atomic E-state index is 12.6. The number of aryl methyl sites for hydroxylation is 1. The molecule has 4 rings (SSSR count). The van der Waals surface area contributed by atoms with E-state index in [1.54, 1.807) is 23.6 Å². The topological polar surface area (TPSA) is 104 Å². The molecule has 3 N–H and O–H groups in total. The molecule has 3 aromatic rings. The molecule has 1 aliphatic heterocycles. The number of hydrogen-bond acceptors (Lipinski definition) is 7. The predicted octanol–water partition coefficient (Wildman–Crippen LogP) is 5.60. The number of nitrogens with one attached hydrogen (secondary N) is 1. The Bertz CT molecular complexity index is 1290. The number of amides is 1. The van der Waals surface area contributed by atoms with E-state index < -0.39 is 11.9 Å². The van der Waals surface area contributed by atoms with Gasteiger partial charge >= 0.3 is 0 Å². The summed E-state index contributed by atoms with van der Waals surface area (Å²) in [6.07, 6.45) is 2.17. The van der Waals surface area contributed by atoms with Crippen LogP contribution in [0, 0.1) is 6.92 Å². The van der Waals surface area contributed by atoms with E-state index in [1.165, 1.54) is 5.56 Å². The van der Waals surface area contributed by atoms with Crippen LogP contribution in [0.5, 0.6) is 11.5 Å². The molecule has 1 unspecified atom stereocenters. The van der Waals surface area contributed by atoms with Crippen molar-refractivity contribution >= 4 is 39.5 Å². The standard InChI is InChI=1S/C26H30BrN5O3S/c1-5-6-11-36-26-30-25-29-16(3)21(24(28)33)22(32(25)31-26)18-12-19(27)23(20(13-18)34-4)35-14-17-9-7-15(2)8-10-17/h7-10,12-13,22H,5-6,11,14H2,1-4H3,(H2,28,33)(H,29,30,31). The van der Waals surface area contributed by atoms with Crippen molar-refractivity contribution in [3.8, 4) is 11.5 Å². The molecule has 1 amide bonds. The SMILES string of the molecule is CCCCSc1nc2n(n1)C(c1cc(Br)c(OCc3ccc(C)cc3)c(OC)c1)C(C(N)=O)=C(C)N2. The molecule has 0 saturated heterocycles. The number of unbranched alkanes of at least 4 members (excludes halogenated alkanes) is 1. The first-order valence-corrected chi connectivity index (χ1v) is 13.5. The Hall–Kier alpha value is -2.98. The van der Waals surface area contributed by atoms with Gasteiger partial charge in [0.05, 0.1) is 17.2 Å². The van der Waals surface area contributed by atoms with Gasteiger partial charge in [0, 0.05) is 11.4 Å². The van der Waals surface area contributed by atoms with Gasteiger partial charge in [0.25, 0.3) is 0 Å². The number of primary amides is 1. The highest BCUT2D eigenvalue weighted by Gasteiger charge is 2.34. The molecule has 2 heterocycles. The van der Waals surface area contributed by atoms with Crippen molar-refractivity contribution in [1.82, 2.24) is 14.8 Å². The number of allylic oxidation sites excluding steroid dienone is 1. The molecule has 36 heavy (non-hydrogen) atoms. The Morgan fingerprint density at radius 3 is 2.67 bits per heavy atom. The zero-order chi connectivity index (χ0) is 25.8. The van der Waals surface area contributed by atoms with Crippen molar-refractivity contribution in [3.63, 3.8) is 0 Å². The number of fused-ring (bicyclic) bond motifs is 1. The molecule has 0 aliphatic carbocycles. The van der Waals surface area contributed by atoms with Gasteiger partial charge in [0.1, 0.15) is 12.6 Å². The van der Waals surface area contributed by atoms with E-state index >= 15 is 0 Å². The number of nitrogens with two attached hydrogens (primary N) is 1. The molecule has 0 spiro atoms. The van der Waals surface area contributed by atoms with Gasteiger partial charge in [-0.15, -0.1) is 5.10 Å². The van der Waals surface area contributed by atoms with Crippen LogP contribution in [0.3, 0.4) is 0 Å². The molecule has 0 bridgehead atoms. The maximum Gasteiger partial charge on any atom is 0.248 e. The number of aromatic nitrogens is 3. The minimum absolute atomic E-state index is 0.388. The molecule has 8 nitrogen and oxygen atoms in total. The zero-order valence-electron chi connectivity index (χ0n) is 20.8. The summed E-state index contributed by atoms with van der Waals surface area (Å²) in [5.74, 6) is 2.07. The summed E-state index contributed by atoms with van der Waals surface area (Å²) in [5, 5.41) is 8.55. The number of nitrogens with zero attached hydrogens (tertiary/aromatic N) is 3. The highest BCUT2D eigenvalue weighted by molar-refractivity contribution is 9.10. The smallest absolute Gasteiger partial charge is 0.248 e. The Morgan fingerprint density at radius 2 is 2.00 bits per heavy atom. The van der Waals surface area contributed by atoms with E-state index in [9.17, 15) is 4.79 Å². The number of methoxy groups -OCH3 is 1. The van der Waals surface area contributed by atoms with Crippen LogP contribution in [0.4, 0.5) is 5.95 Å². The Kier molecular flexibility index (Phi) is 8.25. The first-order valence-electron chi connectivity index (χ1n) is 11.7. The van der Waals surface area contributed by atoms with Gasteiger partial charge in [-0.25, -0.2) is 4.68 Å². The van der Waals surface area contributed by atoms with Crippen molar-refractivity contribution in [2.45, 2.75) is 51.4 Å². The summed E-state index contributed by atoms with van der Waals surface area (Å²) in [6, 6.07) is 11.4. The number of hydrogen-bond donors (Lipinski definition) is 2. The van der Waals surface area contributed by atoms with Gasteiger partial charge in [0.15, 0.2) is 11.5 Å². The van der Waals surface area contributed by atoms with Gasteiger partial charge in [-0.05, 0) is 59.5 Å². The number of halogens is 1. The van der Waals surface area contributed by atoms with Crippen molar-refractivity contribution in [2.24, 2.45) is 5.73 Å². The van der Waals surface area contributed by atoms with Crippen molar-refractivity contribution in [2.75, 3.05) is 18.2 Å². The van der Waals surface area contributed by atoms with Crippen LogP contribution in [0.1, 0.15) is 49.4 Å². The third-order valence-electron chi connectivity index (χ3n) is 5.90.